The van der Waals surface area contributed by atoms with E-state index in [2.05, 4.69) is 9.80 Å². The van der Waals surface area contributed by atoms with E-state index in [1.165, 1.54) is 4.90 Å². The molecule has 5 rings (SSSR count). The largest absolute Gasteiger partial charge is 0.468 e. The minimum Gasteiger partial charge on any atom is -0.468 e. The molecular formula is C24H22ClN3O3. The van der Waals surface area contributed by atoms with Gasteiger partial charge in [-0.15, -0.1) is 0 Å². The quantitative estimate of drug-likeness (QED) is 0.566. The van der Waals surface area contributed by atoms with E-state index in [0.29, 0.717) is 16.1 Å². The lowest BCUT2D eigenvalue weighted by atomic mass is 10.1. The maximum Gasteiger partial charge on any atom is 0.263 e. The Morgan fingerprint density at radius 1 is 0.839 bits per heavy atom. The summed E-state index contributed by atoms with van der Waals surface area (Å²) in [5, 5.41) is 0.548. The molecule has 0 radical (unpaired) electrons. The van der Waals surface area contributed by atoms with Crippen molar-refractivity contribution in [2.75, 3.05) is 31.1 Å². The minimum atomic E-state index is -0.266. The zero-order valence-electron chi connectivity index (χ0n) is 17.0. The smallest absolute Gasteiger partial charge is 0.263 e. The van der Waals surface area contributed by atoms with Gasteiger partial charge in [-0.25, -0.2) is 0 Å². The molecule has 31 heavy (non-hydrogen) atoms. The van der Waals surface area contributed by atoms with Crippen molar-refractivity contribution in [2.24, 2.45) is 0 Å². The van der Waals surface area contributed by atoms with Crippen molar-refractivity contribution in [1.82, 2.24) is 9.80 Å². The number of piperazine rings is 1. The van der Waals surface area contributed by atoms with Crippen molar-refractivity contribution in [2.45, 2.75) is 13.1 Å². The van der Waals surface area contributed by atoms with Crippen molar-refractivity contribution in [3.05, 3.63) is 88.3 Å². The van der Waals surface area contributed by atoms with Gasteiger partial charge in [0.2, 0.25) is 0 Å². The van der Waals surface area contributed by atoms with Gasteiger partial charge in [-0.3, -0.25) is 19.4 Å². The predicted molar refractivity (Wildman–Crippen MR) is 118 cm³/mol. The summed E-state index contributed by atoms with van der Waals surface area (Å²) in [6.45, 7) is 4.22. The fraction of sp³-hybridized carbons (Fsp3) is 0.250. The monoisotopic (exact) mass is 435 g/mol. The molecule has 0 spiro atoms. The molecule has 0 saturated carbocycles. The predicted octanol–water partition coefficient (Wildman–Crippen LogP) is 4.05. The summed E-state index contributed by atoms with van der Waals surface area (Å²) in [7, 11) is 0. The second kappa shape index (κ2) is 8.21. The maximum absolute atomic E-state index is 13.3. The summed E-state index contributed by atoms with van der Waals surface area (Å²) < 4.78 is 5.45. The Hall–Kier alpha value is -3.09. The van der Waals surface area contributed by atoms with Crippen LogP contribution in [0.2, 0.25) is 5.02 Å². The van der Waals surface area contributed by atoms with E-state index < -0.39 is 0 Å². The molecule has 0 aliphatic carbocycles. The highest BCUT2D eigenvalue weighted by molar-refractivity contribution is 6.31. The lowest BCUT2D eigenvalue weighted by Gasteiger charge is -2.36. The SMILES string of the molecule is O=C1c2cccc(N3CCN(Cc4ccco4)CC3)c2C(=O)N1Cc1ccccc1Cl. The van der Waals surface area contributed by atoms with E-state index in [1.54, 1.807) is 18.4 Å². The molecule has 3 aromatic rings. The standard InChI is InChI=1S/C24H22ClN3O3/c25-20-8-2-1-5-17(20)15-28-23(29)19-7-3-9-21(22(19)24(28)30)27-12-10-26(11-13-27)16-18-6-4-14-31-18/h1-9,14H,10-13,15-16H2. The molecule has 2 aliphatic heterocycles. The fourth-order valence-corrected chi connectivity index (χ4v) is 4.49. The third-order valence-corrected chi connectivity index (χ3v) is 6.30. The van der Waals surface area contributed by atoms with Crippen molar-refractivity contribution in [3.8, 4) is 0 Å². The Bertz CT molecular complexity index is 1120. The van der Waals surface area contributed by atoms with Crippen LogP contribution in [-0.2, 0) is 13.1 Å². The van der Waals surface area contributed by atoms with E-state index in [9.17, 15) is 9.59 Å². The number of carbonyl (C=O) groups excluding carboxylic acids is 2. The average Bonchev–Trinajstić information content (AvgIpc) is 3.38. The summed E-state index contributed by atoms with van der Waals surface area (Å²) in [4.78, 5) is 32.1. The maximum atomic E-state index is 13.3. The zero-order chi connectivity index (χ0) is 21.4. The van der Waals surface area contributed by atoms with E-state index in [0.717, 1.165) is 49.7 Å². The first kappa shape index (κ1) is 19.8. The van der Waals surface area contributed by atoms with Gasteiger partial charge >= 0.3 is 0 Å². The number of nitrogens with zero attached hydrogens (tertiary/aromatic N) is 3. The van der Waals surface area contributed by atoms with Crippen LogP contribution in [0.4, 0.5) is 5.69 Å². The highest BCUT2D eigenvalue weighted by Gasteiger charge is 2.39. The van der Waals surface area contributed by atoms with Crippen LogP contribution >= 0.6 is 11.6 Å². The number of rotatable bonds is 5. The number of fused-ring (bicyclic) bond motifs is 1. The number of furan rings is 1. The Balaban J connectivity index is 1.34. The second-order valence-electron chi connectivity index (χ2n) is 7.83. The van der Waals surface area contributed by atoms with Crippen LogP contribution in [0.25, 0.3) is 0 Å². The fourth-order valence-electron chi connectivity index (χ4n) is 4.29. The van der Waals surface area contributed by atoms with Crippen LogP contribution in [0.1, 0.15) is 32.0 Å². The number of hydrogen-bond donors (Lipinski definition) is 0. The summed E-state index contributed by atoms with van der Waals surface area (Å²) in [5.41, 5.74) is 2.55. The summed E-state index contributed by atoms with van der Waals surface area (Å²) >= 11 is 6.26. The average molecular weight is 436 g/mol. The van der Waals surface area contributed by atoms with Crippen LogP contribution in [0, 0.1) is 0 Å². The van der Waals surface area contributed by atoms with Crippen LogP contribution in [-0.4, -0.2) is 47.8 Å². The second-order valence-corrected chi connectivity index (χ2v) is 8.24. The van der Waals surface area contributed by atoms with Gasteiger partial charge in [0.25, 0.3) is 11.8 Å². The zero-order valence-corrected chi connectivity index (χ0v) is 17.7. The van der Waals surface area contributed by atoms with E-state index in [4.69, 9.17) is 16.0 Å². The van der Waals surface area contributed by atoms with Crippen LogP contribution < -0.4 is 4.90 Å². The molecule has 0 N–H and O–H groups in total. The number of benzene rings is 2. The van der Waals surface area contributed by atoms with Gasteiger partial charge < -0.3 is 9.32 Å². The van der Waals surface area contributed by atoms with Gasteiger partial charge in [0, 0.05) is 31.2 Å². The van der Waals surface area contributed by atoms with E-state index in [1.807, 2.05) is 42.5 Å². The lowest BCUT2D eigenvalue weighted by Crippen LogP contribution is -2.46. The number of anilines is 1. The molecule has 2 amide bonds. The normalized spacial score (nSPS) is 16.8. The van der Waals surface area contributed by atoms with Gasteiger partial charge in [0.05, 0.1) is 36.2 Å². The van der Waals surface area contributed by atoms with Gasteiger partial charge in [0.1, 0.15) is 5.76 Å². The molecule has 2 aromatic carbocycles. The first-order valence-corrected chi connectivity index (χ1v) is 10.7. The van der Waals surface area contributed by atoms with Gasteiger partial charge in [-0.05, 0) is 35.9 Å². The molecule has 6 nitrogen and oxygen atoms in total. The van der Waals surface area contributed by atoms with Gasteiger partial charge in [-0.2, -0.15) is 0 Å². The Morgan fingerprint density at radius 3 is 2.39 bits per heavy atom. The third-order valence-electron chi connectivity index (χ3n) is 5.94. The van der Waals surface area contributed by atoms with Crippen molar-refractivity contribution >= 4 is 29.1 Å². The number of amides is 2. The van der Waals surface area contributed by atoms with E-state index in [-0.39, 0.29) is 18.4 Å². The summed E-state index contributed by atoms with van der Waals surface area (Å²) in [5.74, 6) is 0.428. The number of carbonyl (C=O) groups is 2. The van der Waals surface area contributed by atoms with Crippen molar-refractivity contribution in [1.29, 1.82) is 0 Å². The van der Waals surface area contributed by atoms with Gasteiger partial charge in [0.15, 0.2) is 0 Å². The lowest BCUT2D eigenvalue weighted by molar-refractivity contribution is 0.0642. The first-order chi connectivity index (χ1) is 15.1. The number of hydrogen-bond acceptors (Lipinski definition) is 5. The van der Waals surface area contributed by atoms with Gasteiger partial charge in [-0.1, -0.05) is 35.9 Å². The highest BCUT2D eigenvalue weighted by Crippen LogP contribution is 2.34. The Morgan fingerprint density at radius 2 is 1.65 bits per heavy atom. The molecular weight excluding hydrogens is 414 g/mol. The van der Waals surface area contributed by atoms with Crippen molar-refractivity contribution in [3.63, 3.8) is 0 Å². The van der Waals surface area contributed by atoms with Crippen LogP contribution in [0.3, 0.4) is 0 Å². The van der Waals surface area contributed by atoms with E-state index >= 15 is 0 Å². The molecule has 0 atom stereocenters. The number of halogens is 1. The molecule has 158 valence electrons. The summed E-state index contributed by atoms with van der Waals surface area (Å²) in [6, 6.07) is 16.7. The first-order valence-electron chi connectivity index (χ1n) is 10.3. The molecule has 3 heterocycles. The summed E-state index contributed by atoms with van der Waals surface area (Å²) in [6.07, 6.45) is 1.69. The topological polar surface area (TPSA) is 57.0 Å². The number of imide groups is 1. The minimum absolute atomic E-state index is 0.169. The van der Waals surface area contributed by atoms with Crippen LogP contribution in [0.15, 0.2) is 65.3 Å². The molecule has 0 bridgehead atoms. The molecule has 1 fully saturated rings. The molecule has 1 saturated heterocycles. The third kappa shape index (κ3) is 3.73. The molecule has 1 aromatic heterocycles. The molecule has 2 aliphatic rings. The van der Waals surface area contributed by atoms with Crippen molar-refractivity contribution < 1.29 is 14.0 Å². The molecule has 0 unspecified atom stereocenters. The Labute approximate surface area is 185 Å². The Kier molecular flexibility index (Phi) is 5.26. The van der Waals surface area contributed by atoms with Crippen LogP contribution in [0.5, 0.6) is 0 Å². The highest BCUT2D eigenvalue weighted by atomic mass is 35.5. The molecule has 7 heteroatoms.